The van der Waals surface area contributed by atoms with Crippen LogP contribution in [-0.4, -0.2) is 89.3 Å². The normalized spacial score (nSPS) is 19.5. The third-order valence-corrected chi connectivity index (χ3v) is 10.1. The van der Waals surface area contributed by atoms with Crippen LogP contribution in [0.25, 0.3) is 32.8 Å². The number of rotatable bonds is 10. The van der Waals surface area contributed by atoms with E-state index in [1.807, 2.05) is 36.4 Å². The second-order valence-electron chi connectivity index (χ2n) is 13.3. The van der Waals surface area contributed by atoms with Gasteiger partial charge in [0.1, 0.15) is 17.6 Å². The number of carboxylic acid groups (broad SMARTS) is 1. The molecule has 3 heterocycles. The molecule has 4 aromatic rings. The van der Waals surface area contributed by atoms with Gasteiger partial charge in [-0.05, 0) is 72.6 Å². The highest BCUT2D eigenvalue weighted by Gasteiger charge is 2.61. The molecule has 0 bridgehead atoms. The van der Waals surface area contributed by atoms with Crippen LogP contribution in [0, 0.1) is 5.41 Å². The lowest BCUT2D eigenvalue weighted by Gasteiger charge is -2.41. The summed E-state index contributed by atoms with van der Waals surface area (Å²) in [6.07, 6.45) is -7.26. The van der Waals surface area contributed by atoms with Gasteiger partial charge in [0.2, 0.25) is 5.91 Å². The van der Waals surface area contributed by atoms with E-state index in [0.29, 0.717) is 36.2 Å². The molecule has 0 saturated carbocycles. The van der Waals surface area contributed by atoms with Crippen LogP contribution in [0.4, 0.5) is 26.3 Å². The summed E-state index contributed by atoms with van der Waals surface area (Å²) in [5.41, 5.74) is 0.0115. The lowest BCUT2D eigenvalue weighted by molar-refractivity contribution is -0.233. The van der Waals surface area contributed by atoms with Crippen molar-refractivity contribution in [3.05, 3.63) is 78.0 Å². The number of hydrogen-bond acceptors (Lipinski definition) is 5. The minimum Gasteiger partial charge on any atom is -0.480 e. The van der Waals surface area contributed by atoms with Gasteiger partial charge in [0.05, 0.1) is 12.2 Å². The SMILES string of the molecule is O=C(O)[C@H](Cc1cccc2c(-c3ncc(CN4CCC[C@H](F)C4)c4ccccc34)cccc12)NC(=O)C1(C(F)(F)F)CCN(CC(F)F)CC1. The molecule has 2 atom stereocenters. The average molecular weight is 701 g/mol. The summed E-state index contributed by atoms with van der Waals surface area (Å²) in [7, 11) is 0. The second kappa shape index (κ2) is 14.6. The number of carbonyl (C=O) groups excluding carboxylic acids is 1. The molecule has 13 heteroatoms. The van der Waals surface area contributed by atoms with Gasteiger partial charge in [0, 0.05) is 36.7 Å². The van der Waals surface area contributed by atoms with Crippen molar-refractivity contribution in [3.8, 4) is 11.3 Å². The Balaban J connectivity index is 1.29. The van der Waals surface area contributed by atoms with Crippen LogP contribution in [0.15, 0.2) is 66.9 Å². The van der Waals surface area contributed by atoms with Crippen LogP contribution >= 0.6 is 0 Å². The van der Waals surface area contributed by atoms with Crippen molar-refractivity contribution in [1.82, 2.24) is 20.1 Å². The summed E-state index contributed by atoms with van der Waals surface area (Å²) < 4.78 is 83.0. The van der Waals surface area contributed by atoms with Crippen molar-refractivity contribution in [2.75, 3.05) is 32.7 Å². The molecule has 7 nitrogen and oxygen atoms in total. The van der Waals surface area contributed by atoms with E-state index in [4.69, 9.17) is 4.98 Å². The fraction of sp³-hybridized carbons (Fsp3) is 0.432. The van der Waals surface area contributed by atoms with E-state index in [-0.39, 0.29) is 19.5 Å². The van der Waals surface area contributed by atoms with Crippen molar-refractivity contribution in [2.45, 2.75) is 63.5 Å². The predicted molar refractivity (Wildman–Crippen MR) is 178 cm³/mol. The smallest absolute Gasteiger partial charge is 0.403 e. The Kier molecular flexibility index (Phi) is 10.4. The number of nitrogens with zero attached hydrogens (tertiary/aromatic N) is 3. The number of likely N-dealkylation sites (tertiary alicyclic amines) is 2. The average Bonchev–Trinajstić information content (AvgIpc) is 3.07. The van der Waals surface area contributed by atoms with Crippen molar-refractivity contribution >= 4 is 33.4 Å². The number of nitrogens with one attached hydrogen (secondary N) is 1. The van der Waals surface area contributed by atoms with Crippen molar-refractivity contribution in [3.63, 3.8) is 0 Å². The number of carbonyl (C=O) groups is 2. The number of carboxylic acids is 1. The molecule has 1 aromatic heterocycles. The zero-order valence-corrected chi connectivity index (χ0v) is 27.2. The van der Waals surface area contributed by atoms with Gasteiger partial charge < -0.3 is 10.4 Å². The van der Waals surface area contributed by atoms with Crippen molar-refractivity contribution < 1.29 is 41.0 Å². The summed E-state index contributed by atoms with van der Waals surface area (Å²) in [6.45, 7) is 0.280. The highest BCUT2D eigenvalue weighted by Crippen LogP contribution is 2.47. The summed E-state index contributed by atoms with van der Waals surface area (Å²) in [5, 5.41) is 15.5. The number of halogens is 6. The van der Waals surface area contributed by atoms with Crippen LogP contribution in [0.5, 0.6) is 0 Å². The van der Waals surface area contributed by atoms with Crippen molar-refractivity contribution in [1.29, 1.82) is 0 Å². The minimum absolute atomic E-state index is 0.300. The molecule has 2 N–H and O–H groups in total. The molecule has 2 saturated heterocycles. The molecule has 2 aliphatic heterocycles. The summed E-state index contributed by atoms with van der Waals surface area (Å²) in [5.74, 6) is -2.98. The highest BCUT2D eigenvalue weighted by molar-refractivity contribution is 6.05. The van der Waals surface area contributed by atoms with Gasteiger partial charge in [-0.25, -0.2) is 18.0 Å². The quantitative estimate of drug-likeness (QED) is 0.173. The Bertz CT molecular complexity index is 1860. The highest BCUT2D eigenvalue weighted by atomic mass is 19.4. The van der Waals surface area contributed by atoms with E-state index in [1.165, 1.54) is 4.90 Å². The van der Waals surface area contributed by atoms with Gasteiger partial charge in [0.15, 0.2) is 0 Å². The zero-order chi connectivity index (χ0) is 35.6. The maximum Gasteiger partial charge on any atom is 0.403 e. The standard InChI is InChI=1S/C37H38F6N4O3/c38-25-7-5-15-47(21-25)20-24-19-44-33(29-9-2-1-8-27(24)29)30-12-4-10-26-23(6-3-11-28(26)30)18-31(34(48)49)45-35(50)36(37(41,42)43)13-16-46(17-14-36)22-32(39)40/h1-4,6,8-12,19,25,31-32H,5,7,13-18,20-22H2,(H,45,50)(H,48,49)/t25-,31-/m0/s1. The van der Waals surface area contributed by atoms with Gasteiger partial charge in [0.25, 0.3) is 6.43 Å². The summed E-state index contributed by atoms with van der Waals surface area (Å²) >= 11 is 0. The molecule has 266 valence electrons. The molecule has 6 rings (SSSR count). The van der Waals surface area contributed by atoms with Gasteiger partial charge in [-0.3, -0.25) is 19.6 Å². The third kappa shape index (κ3) is 7.29. The minimum atomic E-state index is -5.01. The molecule has 2 aliphatic rings. The summed E-state index contributed by atoms with van der Waals surface area (Å²) in [4.78, 5) is 33.8. The van der Waals surface area contributed by atoms with E-state index in [9.17, 15) is 41.0 Å². The first-order chi connectivity index (χ1) is 23.9. The maximum atomic E-state index is 14.4. The fourth-order valence-electron chi connectivity index (χ4n) is 7.40. The number of aliphatic carboxylic acids is 1. The fourth-order valence-corrected chi connectivity index (χ4v) is 7.40. The first-order valence-corrected chi connectivity index (χ1v) is 16.7. The van der Waals surface area contributed by atoms with E-state index < -0.39 is 61.5 Å². The molecule has 0 spiro atoms. The van der Waals surface area contributed by atoms with E-state index in [0.717, 1.165) is 40.3 Å². The van der Waals surface area contributed by atoms with Gasteiger partial charge in [-0.2, -0.15) is 13.2 Å². The van der Waals surface area contributed by atoms with E-state index in [2.05, 4.69) is 10.2 Å². The zero-order valence-electron chi connectivity index (χ0n) is 27.2. The van der Waals surface area contributed by atoms with Crippen LogP contribution in [0.2, 0.25) is 0 Å². The number of hydrogen-bond donors (Lipinski definition) is 2. The van der Waals surface area contributed by atoms with Crippen molar-refractivity contribution in [2.24, 2.45) is 5.41 Å². The maximum absolute atomic E-state index is 14.4. The molecule has 3 aromatic carbocycles. The number of pyridine rings is 1. The van der Waals surface area contributed by atoms with E-state index >= 15 is 0 Å². The number of amides is 1. The second-order valence-corrected chi connectivity index (χ2v) is 13.3. The number of aromatic nitrogens is 1. The number of piperidine rings is 2. The van der Waals surface area contributed by atoms with Crippen LogP contribution in [0.1, 0.15) is 36.8 Å². The molecule has 0 radical (unpaired) electrons. The van der Waals surface area contributed by atoms with Gasteiger partial charge >= 0.3 is 12.1 Å². The molecule has 50 heavy (non-hydrogen) atoms. The van der Waals surface area contributed by atoms with Crippen LogP contribution in [0.3, 0.4) is 0 Å². The molecule has 2 fully saturated rings. The first-order valence-electron chi connectivity index (χ1n) is 16.7. The van der Waals surface area contributed by atoms with E-state index in [1.54, 1.807) is 30.5 Å². The largest absolute Gasteiger partial charge is 0.480 e. The first kappa shape index (κ1) is 35.6. The van der Waals surface area contributed by atoms with Gasteiger partial charge in [-0.1, -0.05) is 60.7 Å². The molecular weight excluding hydrogens is 662 g/mol. The lowest BCUT2D eigenvalue weighted by Crippen LogP contribution is -2.59. The number of alkyl halides is 6. The lowest BCUT2D eigenvalue weighted by atomic mass is 9.76. The number of benzene rings is 3. The van der Waals surface area contributed by atoms with Gasteiger partial charge in [-0.15, -0.1) is 0 Å². The van der Waals surface area contributed by atoms with Crippen LogP contribution in [-0.2, 0) is 22.6 Å². The third-order valence-electron chi connectivity index (χ3n) is 10.1. The molecule has 1 amide bonds. The predicted octanol–water partition coefficient (Wildman–Crippen LogP) is 7.01. The Hall–Kier alpha value is -4.23. The number of fused-ring (bicyclic) bond motifs is 2. The monoisotopic (exact) mass is 700 g/mol. The Morgan fingerprint density at radius 1 is 0.900 bits per heavy atom. The Morgan fingerprint density at radius 2 is 1.56 bits per heavy atom. The molecule has 0 aliphatic carbocycles. The molecule has 0 unspecified atom stereocenters. The topological polar surface area (TPSA) is 85.8 Å². The van der Waals surface area contributed by atoms with Crippen LogP contribution < -0.4 is 5.32 Å². The summed E-state index contributed by atoms with van der Waals surface area (Å²) in [6, 6.07) is 16.8. The Morgan fingerprint density at radius 3 is 2.24 bits per heavy atom. The molecular formula is C37H38F6N4O3. The Labute approximate surface area is 285 Å².